The summed E-state index contributed by atoms with van der Waals surface area (Å²) >= 11 is 0. The lowest BCUT2D eigenvalue weighted by molar-refractivity contribution is 0.0992. The third-order valence-corrected chi connectivity index (χ3v) is 5.57. The molecular weight excluding hydrogens is 286 g/mol. The van der Waals surface area contributed by atoms with E-state index in [1.165, 1.54) is 0 Å². The smallest absolute Gasteiger partial charge is 0.119 e. The van der Waals surface area contributed by atoms with E-state index in [0.29, 0.717) is 5.75 Å². The Morgan fingerprint density at radius 3 is 2.62 bits per heavy atom. The minimum absolute atomic E-state index is 0.186. The summed E-state index contributed by atoms with van der Waals surface area (Å²) in [5.74, 6) is 1.37. The van der Waals surface area contributed by atoms with Crippen LogP contribution in [0.5, 0.6) is 5.75 Å². The van der Waals surface area contributed by atoms with Crippen LogP contribution in [0.2, 0.25) is 0 Å². The van der Waals surface area contributed by atoms with Crippen LogP contribution in [-0.4, -0.2) is 35.0 Å². The first-order chi connectivity index (χ1) is 10.2. The van der Waals surface area contributed by atoms with Crippen molar-refractivity contribution in [1.82, 2.24) is 0 Å². The summed E-state index contributed by atoms with van der Waals surface area (Å²) in [6, 6.07) is 7.62. The summed E-state index contributed by atoms with van der Waals surface area (Å²) in [5.41, 5.74) is 7.20. The Bertz CT molecular complexity index is 443. The van der Waals surface area contributed by atoms with Gasteiger partial charge in [-0.1, -0.05) is 19.1 Å². The molecule has 2 rings (SSSR count). The fraction of sp³-hybridized carbons (Fsp3) is 0.625. The summed E-state index contributed by atoms with van der Waals surface area (Å²) in [7, 11) is -0.883. The van der Waals surface area contributed by atoms with Crippen molar-refractivity contribution in [1.29, 1.82) is 0 Å². The predicted molar refractivity (Wildman–Crippen MR) is 86.0 cm³/mol. The van der Waals surface area contributed by atoms with Gasteiger partial charge in [-0.25, -0.2) is 0 Å². The van der Waals surface area contributed by atoms with Crippen LogP contribution in [0.3, 0.4) is 0 Å². The predicted octanol–water partition coefficient (Wildman–Crippen LogP) is 2.40. The van der Waals surface area contributed by atoms with E-state index in [4.69, 9.17) is 15.2 Å². The molecule has 21 heavy (non-hydrogen) atoms. The Kier molecular flexibility index (Phi) is 6.67. The van der Waals surface area contributed by atoms with Gasteiger partial charge < -0.3 is 15.2 Å². The third-order valence-electron chi connectivity index (χ3n) is 3.67. The summed E-state index contributed by atoms with van der Waals surface area (Å²) in [4.78, 5) is 0. The molecule has 2 atom stereocenters. The largest absolute Gasteiger partial charge is 0.494 e. The zero-order chi connectivity index (χ0) is 15.1. The van der Waals surface area contributed by atoms with Gasteiger partial charge >= 0.3 is 0 Å². The molecule has 0 radical (unpaired) electrons. The Balaban J connectivity index is 1.87. The van der Waals surface area contributed by atoms with Gasteiger partial charge in [-0.2, -0.15) is 0 Å². The Morgan fingerprint density at radius 2 is 2.00 bits per heavy atom. The molecule has 1 fully saturated rings. The van der Waals surface area contributed by atoms with Crippen molar-refractivity contribution >= 4 is 10.8 Å². The fourth-order valence-electron chi connectivity index (χ4n) is 2.38. The van der Waals surface area contributed by atoms with Crippen LogP contribution in [0.15, 0.2) is 24.3 Å². The minimum Gasteiger partial charge on any atom is -0.494 e. The number of ether oxygens (including phenoxy) is 2. The molecule has 1 heterocycles. The summed E-state index contributed by atoms with van der Waals surface area (Å²) in [5, 5.41) is 0.233. The lowest BCUT2D eigenvalue weighted by Crippen LogP contribution is -2.30. The Labute approximate surface area is 129 Å². The average Bonchev–Trinajstić information content (AvgIpc) is 2.54. The van der Waals surface area contributed by atoms with E-state index in [1.807, 2.05) is 24.3 Å². The highest BCUT2D eigenvalue weighted by Crippen LogP contribution is 2.20. The fourth-order valence-corrected chi connectivity index (χ4v) is 3.92. The van der Waals surface area contributed by atoms with Crippen molar-refractivity contribution in [2.75, 3.05) is 25.6 Å². The van der Waals surface area contributed by atoms with Crippen LogP contribution in [0, 0.1) is 0 Å². The highest BCUT2D eigenvalue weighted by molar-refractivity contribution is 7.85. The third kappa shape index (κ3) is 5.09. The first-order valence-corrected chi connectivity index (χ1v) is 9.02. The molecule has 0 saturated carbocycles. The van der Waals surface area contributed by atoms with Gasteiger partial charge in [0.2, 0.25) is 0 Å². The highest BCUT2D eigenvalue weighted by atomic mass is 32.2. The van der Waals surface area contributed by atoms with Crippen molar-refractivity contribution in [2.24, 2.45) is 5.73 Å². The van der Waals surface area contributed by atoms with E-state index in [9.17, 15) is 4.21 Å². The number of hydrogen-bond donors (Lipinski definition) is 1. The van der Waals surface area contributed by atoms with Gasteiger partial charge in [-0.05, 0) is 37.0 Å². The van der Waals surface area contributed by atoms with Gasteiger partial charge in [0.15, 0.2) is 0 Å². The number of benzene rings is 1. The second-order valence-corrected chi connectivity index (χ2v) is 7.14. The first-order valence-electron chi connectivity index (χ1n) is 7.64. The molecule has 0 amide bonds. The quantitative estimate of drug-likeness (QED) is 0.840. The second kappa shape index (κ2) is 8.51. The number of hydrogen-bond acceptors (Lipinski definition) is 4. The first kappa shape index (κ1) is 16.5. The number of rotatable bonds is 7. The Morgan fingerprint density at radius 1 is 1.33 bits per heavy atom. The van der Waals surface area contributed by atoms with Gasteiger partial charge in [-0.3, -0.25) is 4.21 Å². The van der Waals surface area contributed by atoms with Crippen molar-refractivity contribution in [3.8, 4) is 5.75 Å². The maximum absolute atomic E-state index is 12.3. The second-order valence-electron chi connectivity index (χ2n) is 5.38. The van der Waals surface area contributed by atoms with Crippen molar-refractivity contribution in [3.05, 3.63) is 29.8 Å². The van der Waals surface area contributed by atoms with Crippen LogP contribution in [0.4, 0.5) is 0 Å². The van der Waals surface area contributed by atoms with Crippen molar-refractivity contribution < 1.29 is 13.7 Å². The minimum atomic E-state index is -0.883. The van der Waals surface area contributed by atoms with E-state index >= 15 is 0 Å². The molecule has 118 valence electrons. The molecule has 2 N–H and O–H groups in total. The maximum Gasteiger partial charge on any atom is 0.119 e. The van der Waals surface area contributed by atoms with Gasteiger partial charge in [0.1, 0.15) is 5.75 Å². The number of nitrogens with two attached hydrogens (primary N) is 1. The van der Waals surface area contributed by atoms with E-state index in [2.05, 4.69) is 6.92 Å². The van der Waals surface area contributed by atoms with Crippen LogP contribution in [0.25, 0.3) is 0 Å². The molecule has 5 heteroatoms. The molecular formula is C16H25NO3S. The molecule has 0 aliphatic carbocycles. The lowest BCUT2D eigenvalue weighted by Gasteiger charge is -2.23. The zero-order valence-electron chi connectivity index (χ0n) is 12.6. The standard InChI is InChI=1S/C16H25NO3S/c1-2-9-20-14-5-3-13(4-6-14)16(17)12-21(18)15-7-10-19-11-8-15/h3-6,15-16H,2,7-12,17H2,1H3. The Hall–Kier alpha value is -0.910. The van der Waals surface area contributed by atoms with Gasteiger partial charge in [0.05, 0.1) is 6.61 Å². The topological polar surface area (TPSA) is 61.5 Å². The molecule has 4 nitrogen and oxygen atoms in total. The SMILES string of the molecule is CCCOc1ccc(C(N)CS(=O)C2CCOCC2)cc1. The molecule has 1 aliphatic rings. The van der Waals surface area contributed by atoms with Crippen LogP contribution >= 0.6 is 0 Å². The molecule has 1 saturated heterocycles. The molecule has 2 unspecified atom stereocenters. The normalized spacial score (nSPS) is 19.1. The van der Waals surface area contributed by atoms with Gasteiger partial charge in [0, 0.05) is 41.1 Å². The highest BCUT2D eigenvalue weighted by Gasteiger charge is 2.22. The van der Waals surface area contributed by atoms with Crippen LogP contribution in [0.1, 0.15) is 37.8 Å². The molecule has 1 aromatic rings. The maximum atomic E-state index is 12.3. The molecule has 1 aromatic carbocycles. The zero-order valence-corrected chi connectivity index (χ0v) is 13.4. The van der Waals surface area contributed by atoms with Gasteiger partial charge in [-0.15, -0.1) is 0 Å². The lowest BCUT2D eigenvalue weighted by atomic mass is 10.1. The van der Waals surface area contributed by atoms with E-state index in [0.717, 1.165) is 50.4 Å². The summed E-state index contributed by atoms with van der Waals surface area (Å²) in [6.07, 6.45) is 2.75. The van der Waals surface area contributed by atoms with E-state index < -0.39 is 10.8 Å². The van der Waals surface area contributed by atoms with Crippen molar-refractivity contribution in [2.45, 2.75) is 37.5 Å². The molecule has 0 spiro atoms. The van der Waals surface area contributed by atoms with E-state index in [1.54, 1.807) is 0 Å². The van der Waals surface area contributed by atoms with E-state index in [-0.39, 0.29) is 11.3 Å². The molecule has 0 aromatic heterocycles. The molecule has 0 bridgehead atoms. The molecule has 1 aliphatic heterocycles. The summed E-state index contributed by atoms with van der Waals surface area (Å²) in [6.45, 7) is 4.24. The van der Waals surface area contributed by atoms with Crippen LogP contribution < -0.4 is 10.5 Å². The monoisotopic (exact) mass is 311 g/mol. The van der Waals surface area contributed by atoms with Crippen LogP contribution in [-0.2, 0) is 15.5 Å². The average molecular weight is 311 g/mol. The van der Waals surface area contributed by atoms with Crippen molar-refractivity contribution in [3.63, 3.8) is 0 Å². The van der Waals surface area contributed by atoms with Gasteiger partial charge in [0.25, 0.3) is 0 Å². The summed E-state index contributed by atoms with van der Waals surface area (Å²) < 4.78 is 23.2.